The third-order valence-corrected chi connectivity index (χ3v) is 3.48. The Bertz CT molecular complexity index is 574. The highest BCUT2D eigenvalue weighted by Crippen LogP contribution is 2.23. The summed E-state index contributed by atoms with van der Waals surface area (Å²) in [5, 5.41) is 0. The zero-order chi connectivity index (χ0) is 17.0. The van der Waals surface area contributed by atoms with Crippen LogP contribution in [0, 0.1) is 5.82 Å². The van der Waals surface area contributed by atoms with E-state index in [0.29, 0.717) is 32.2 Å². The molecular formula is C17H22FNO4. The molecule has 2 rings (SSSR count). The maximum atomic E-state index is 13.8. The number of hydrogen-bond acceptors (Lipinski definition) is 4. The van der Waals surface area contributed by atoms with E-state index in [-0.39, 0.29) is 23.5 Å². The van der Waals surface area contributed by atoms with E-state index in [2.05, 4.69) is 0 Å². The number of benzene rings is 1. The molecule has 0 atom stereocenters. The van der Waals surface area contributed by atoms with Crippen molar-refractivity contribution >= 4 is 12.4 Å². The summed E-state index contributed by atoms with van der Waals surface area (Å²) in [6, 6.07) is 4.12. The normalized spacial score (nSPS) is 16.1. The first-order chi connectivity index (χ1) is 10.8. The van der Waals surface area contributed by atoms with Gasteiger partial charge in [0, 0.05) is 31.5 Å². The first-order valence-electron chi connectivity index (χ1n) is 7.68. The van der Waals surface area contributed by atoms with Gasteiger partial charge in [-0.2, -0.15) is 0 Å². The number of carbonyl (C=O) groups excluding carboxylic acids is 2. The Morgan fingerprint density at radius 2 is 1.96 bits per heavy atom. The quantitative estimate of drug-likeness (QED) is 0.800. The topological polar surface area (TPSA) is 55.8 Å². The standard InChI is InChI=1S/C17H22FNO4/c1-17(2,3)23-16(21)19-8-6-13(7-9-19)22-15-5-4-12(11-20)10-14(15)18/h4-5,10-11,13H,6-9H2,1-3H3. The Hall–Kier alpha value is -2.11. The second kappa shape index (κ2) is 6.98. The molecule has 5 nitrogen and oxygen atoms in total. The van der Waals surface area contributed by atoms with Crippen LogP contribution < -0.4 is 4.74 Å². The number of amides is 1. The van der Waals surface area contributed by atoms with E-state index < -0.39 is 11.4 Å². The average molecular weight is 323 g/mol. The van der Waals surface area contributed by atoms with Gasteiger partial charge in [0.05, 0.1) is 0 Å². The molecule has 1 aromatic carbocycles. The molecule has 0 N–H and O–H groups in total. The van der Waals surface area contributed by atoms with Gasteiger partial charge < -0.3 is 14.4 Å². The second-order valence-corrected chi connectivity index (χ2v) is 6.59. The summed E-state index contributed by atoms with van der Waals surface area (Å²) in [4.78, 5) is 24.2. The summed E-state index contributed by atoms with van der Waals surface area (Å²) < 4.78 is 24.8. The summed E-state index contributed by atoms with van der Waals surface area (Å²) in [7, 11) is 0. The van der Waals surface area contributed by atoms with Gasteiger partial charge in [-0.1, -0.05) is 0 Å². The zero-order valence-corrected chi connectivity index (χ0v) is 13.7. The third kappa shape index (κ3) is 4.94. The van der Waals surface area contributed by atoms with Crippen molar-refractivity contribution in [3.8, 4) is 5.75 Å². The number of rotatable bonds is 3. The van der Waals surface area contributed by atoms with Crippen LogP contribution in [0.1, 0.15) is 44.0 Å². The summed E-state index contributed by atoms with van der Waals surface area (Å²) in [6.45, 7) is 6.49. The van der Waals surface area contributed by atoms with Crippen LogP contribution in [0.3, 0.4) is 0 Å². The van der Waals surface area contributed by atoms with Crippen molar-refractivity contribution in [1.82, 2.24) is 4.90 Å². The number of halogens is 1. The van der Waals surface area contributed by atoms with E-state index in [1.165, 1.54) is 12.1 Å². The number of ether oxygens (including phenoxy) is 2. The van der Waals surface area contributed by atoms with Gasteiger partial charge in [-0.15, -0.1) is 0 Å². The number of nitrogens with zero attached hydrogens (tertiary/aromatic N) is 1. The number of piperidine rings is 1. The first-order valence-corrected chi connectivity index (χ1v) is 7.68. The van der Waals surface area contributed by atoms with Gasteiger partial charge in [0.15, 0.2) is 11.6 Å². The fourth-order valence-electron chi connectivity index (χ4n) is 2.35. The van der Waals surface area contributed by atoms with Crippen LogP contribution >= 0.6 is 0 Å². The van der Waals surface area contributed by atoms with Crippen molar-refractivity contribution in [1.29, 1.82) is 0 Å². The molecule has 6 heteroatoms. The monoisotopic (exact) mass is 323 g/mol. The van der Waals surface area contributed by atoms with Crippen molar-refractivity contribution in [3.63, 3.8) is 0 Å². The van der Waals surface area contributed by atoms with Gasteiger partial charge >= 0.3 is 6.09 Å². The molecule has 0 saturated carbocycles. The molecule has 1 fully saturated rings. The fourth-order valence-corrected chi connectivity index (χ4v) is 2.35. The molecule has 1 saturated heterocycles. The predicted molar refractivity (Wildman–Crippen MR) is 83.2 cm³/mol. The zero-order valence-electron chi connectivity index (χ0n) is 13.7. The molecule has 0 aromatic heterocycles. The van der Waals surface area contributed by atoms with Gasteiger partial charge in [-0.25, -0.2) is 9.18 Å². The Labute approximate surface area is 135 Å². The molecule has 126 valence electrons. The molecule has 1 aliphatic rings. The Morgan fingerprint density at radius 3 is 2.48 bits per heavy atom. The summed E-state index contributed by atoms with van der Waals surface area (Å²) in [6.07, 6.45) is 1.30. The third-order valence-electron chi connectivity index (χ3n) is 3.48. The van der Waals surface area contributed by atoms with E-state index >= 15 is 0 Å². The number of carbonyl (C=O) groups is 2. The second-order valence-electron chi connectivity index (χ2n) is 6.59. The SMILES string of the molecule is CC(C)(C)OC(=O)N1CCC(Oc2ccc(C=O)cc2F)CC1. The fraction of sp³-hybridized carbons (Fsp3) is 0.529. The largest absolute Gasteiger partial charge is 0.487 e. The van der Waals surface area contributed by atoms with Crippen molar-refractivity contribution in [3.05, 3.63) is 29.6 Å². The van der Waals surface area contributed by atoms with Gasteiger partial charge in [-0.05, 0) is 39.0 Å². The summed E-state index contributed by atoms with van der Waals surface area (Å²) in [5.41, 5.74) is -0.247. The maximum Gasteiger partial charge on any atom is 0.410 e. The van der Waals surface area contributed by atoms with Crippen molar-refractivity contribution < 1.29 is 23.5 Å². The van der Waals surface area contributed by atoms with E-state index in [9.17, 15) is 14.0 Å². The highest BCUT2D eigenvalue weighted by atomic mass is 19.1. The number of hydrogen-bond donors (Lipinski definition) is 0. The van der Waals surface area contributed by atoms with Crippen LogP contribution in [-0.2, 0) is 4.74 Å². The predicted octanol–water partition coefficient (Wildman–Crippen LogP) is 3.42. The van der Waals surface area contributed by atoms with E-state index in [1.807, 2.05) is 20.8 Å². The lowest BCUT2D eigenvalue weighted by atomic mass is 10.1. The van der Waals surface area contributed by atoms with Crippen molar-refractivity contribution in [2.45, 2.75) is 45.3 Å². The van der Waals surface area contributed by atoms with E-state index in [4.69, 9.17) is 9.47 Å². The van der Waals surface area contributed by atoms with E-state index in [1.54, 1.807) is 4.90 Å². The molecule has 0 unspecified atom stereocenters. The number of aldehydes is 1. The average Bonchev–Trinajstić information content (AvgIpc) is 2.48. The maximum absolute atomic E-state index is 13.8. The van der Waals surface area contributed by atoms with Crippen LogP contribution in [-0.4, -0.2) is 42.1 Å². The lowest BCUT2D eigenvalue weighted by Crippen LogP contribution is -2.44. The molecule has 0 spiro atoms. The molecule has 1 heterocycles. The van der Waals surface area contributed by atoms with E-state index in [0.717, 1.165) is 6.07 Å². The highest BCUT2D eigenvalue weighted by Gasteiger charge is 2.28. The van der Waals surface area contributed by atoms with Crippen LogP contribution in [0.2, 0.25) is 0 Å². The van der Waals surface area contributed by atoms with Gasteiger partial charge in [0.1, 0.15) is 18.0 Å². The van der Waals surface area contributed by atoms with Crippen LogP contribution in [0.15, 0.2) is 18.2 Å². The first kappa shape index (κ1) is 17.2. The minimum atomic E-state index is -0.552. The Balaban J connectivity index is 1.87. The van der Waals surface area contributed by atoms with Gasteiger partial charge in [0.2, 0.25) is 0 Å². The van der Waals surface area contributed by atoms with Crippen LogP contribution in [0.5, 0.6) is 5.75 Å². The minimum absolute atomic E-state index is 0.131. The van der Waals surface area contributed by atoms with Crippen molar-refractivity contribution in [2.24, 2.45) is 0 Å². The molecule has 0 aliphatic carbocycles. The number of likely N-dealkylation sites (tertiary alicyclic amines) is 1. The summed E-state index contributed by atoms with van der Waals surface area (Å²) in [5.74, 6) is -0.421. The van der Waals surface area contributed by atoms with Gasteiger partial charge in [0.25, 0.3) is 0 Å². The Morgan fingerprint density at radius 1 is 1.30 bits per heavy atom. The lowest BCUT2D eigenvalue weighted by Gasteiger charge is -2.33. The van der Waals surface area contributed by atoms with Crippen LogP contribution in [0.25, 0.3) is 0 Å². The summed E-state index contributed by atoms with van der Waals surface area (Å²) >= 11 is 0. The molecule has 23 heavy (non-hydrogen) atoms. The lowest BCUT2D eigenvalue weighted by molar-refractivity contribution is 0.0123. The Kier molecular flexibility index (Phi) is 5.23. The van der Waals surface area contributed by atoms with Crippen molar-refractivity contribution in [2.75, 3.05) is 13.1 Å². The molecule has 1 amide bonds. The minimum Gasteiger partial charge on any atom is -0.487 e. The molecule has 1 aliphatic heterocycles. The molecule has 1 aromatic rings. The molecule has 0 radical (unpaired) electrons. The van der Waals surface area contributed by atoms with Crippen LogP contribution in [0.4, 0.5) is 9.18 Å². The highest BCUT2D eigenvalue weighted by molar-refractivity contribution is 5.75. The molecular weight excluding hydrogens is 301 g/mol. The van der Waals surface area contributed by atoms with Gasteiger partial charge in [-0.3, -0.25) is 4.79 Å². The smallest absolute Gasteiger partial charge is 0.410 e. The molecule has 0 bridgehead atoms.